The molecule has 0 N–H and O–H groups in total. The molecule has 0 fully saturated rings. The highest BCUT2D eigenvalue weighted by Gasteiger charge is 2.49. The largest absolute Gasteiger partial charge is 0.456 e. The third-order valence-electron chi connectivity index (χ3n) is 8.70. The van der Waals surface area contributed by atoms with Gasteiger partial charge in [0, 0.05) is 46.0 Å². The lowest BCUT2D eigenvalue weighted by atomic mass is 9.92. The molecule has 1 aliphatic carbocycles. The Morgan fingerprint density at radius 1 is 0.650 bits per heavy atom. The first-order valence-electron chi connectivity index (χ1n) is 13.6. The summed E-state index contributed by atoms with van der Waals surface area (Å²) < 4.78 is 14.9. The lowest BCUT2D eigenvalue weighted by Crippen LogP contribution is -2.43. The van der Waals surface area contributed by atoms with Crippen LogP contribution in [0.5, 0.6) is 0 Å². The van der Waals surface area contributed by atoms with E-state index in [0.717, 1.165) is 49.9 Å². The van der Waals surface area contributed by atoms with Gasteiger partial charge in [-0.1, -0.05) is 60.7 Å². The van der Waals surface area contributed by atoms with Gasteiger partial charge in [0.05, 0.1) is 11.1 Å². The van der Waals surface area contributed by atoms with Gasteiger partial charge in [-0.3, -0.25) is 0 Å². The summed E-state index contributed by atoms with van der Waals surface area (Å²) >= 11 is 0. The summed E-state index contributed by atoms with van der Waals surface area (Å²) in [4.78, 5) is 2.53. The zero-order chi connectivity index (χ0) is 25.9. The number of hydrogen-bond acceptors (Lipinski definition) is 3. The van der Waals surface area contributed by atoms with Crippen LogP contribution in [-0.2, 0) is 0 Å². The molecule has 0 bridgehead atoms. The molecule has 2 aromatic heterocycles. The summed E-state index contributed by atoms with van der Waals surface area (Å²) in [5.74, 6) is 0. The molecular weight excluding hydrogens is 492 g/mol. The van der Waals surface area contributed by atoms with Gasteiger partial charge < -0.3 is 13.7 Å². The molecule has 40 heavy (non-hydrogen) atoms. The molecule has 3 aliphatic rings. The van der Waals surface area contributed by atoms with Crippen LogP contribution in [0, 0.1) is 0 Å². The molecule has 10 rings (SSSR count). The Bertz CT molecular complexity index is 2350. The van der Waals surface area contributed by atoms with Crippen molar-refractivity contribution >= 4 is 77.9 Å². The first kappa shape index (κ1) is 20.6. The number of rotatable bonds is 1. The van der Waals surface area contributed by atoms with Gasteiger partial charge in [-0.2, -0.15) is 4.58 Å². The van der Waals surface area contributed by atoms with Crippen LogP contribution >= 0.6 is 0 Å². The smallest absolute Gasteiger partial charge is 0.235 e. The quantitative estimate of drug-likeness (QED) is 0.205. The van der Waals surface area contributed by atoms with Gasteiger partial charge in [0.15, 0.2) is 0 Å². The molecule has 0 saturated heterocycles. The monoisotopic (exact) mass is 513 g/mol. The molecule has 0 spiro atoms. The van der Waals surface area contributed by atoms with Gasteiger partial charge in [-0.25, -0.2) is 0 Å². The number of nitrogens with zero attached hydrogens (tertiary/aromatic N) is 2. The Labute approximate surface area is 229 Å². The van der Waals surface area contributed by atoms with Crippen LogP contribution in [0.3, 0.4) is 0 Å². The fourth-order valence-electron chi connectivity index (χ4n) is 7.11. The van der Waals surface area contributed by atoms with Crippen molar-refractivity contribution in [3.05, 3.63) is 127 Å². The molecular formula is C36H21N2O2+. The zero-order valence-corrected chi connectivity index (χ0v) is 21.3. The molecule has 4 nitrogen and oxygen atoms in total. The summed E-state index contributed by atoms with van der Waals surface area (Å²) in [6.07, 6.45) is 6.74. The number of allylic oxidation sites excluding steroid dienone is 2. The Balaban J connectivity index is 1.29. The van der Waals surface area contributed by atoms with Crippen molar-refractivity contribution in [3.8, 4) is 0 Å². The summed E-state index contributed by atoms with van der Waals surface area (Å²) in [6, 6.07) is 36.4. The van der Waals surface area contributed by atoms with Gasteiger partial charge >= 0.3 is 0 Å². The minimum atomic E-state index is 0.0611. The molecule has 7 aromatic rings. The molecule has 0 saturated carbocycles. The summed E-state index contributed by atoms with van der Waals surface area (Å²) in [7, 11) is 0. The highest BCUT2D eigenvalue weighted by Crippen LogP contribution is 2.55. The van der Waals surface area contributed by atoms with E-state index >= 15 is 0 Å². The van der Waals surface area contributed by atoms with Crippen molar-refractivity contribution in [2.24, 2.45) is 0 Å². The van der Waals surface area contributed by atoms with E-state index in [0.29, 0.717) is 0 Å². The standard InChI is InChI=1S/C36H21N2O2/c1-5-14-30-22(8-1)26-20-21(16-18-32(26)39-30)37-27-11-3-4-12-28(27)38-35-23(10-7-13-29(35)37)24-17-19-33-34(36(24)38)25-9-2-6-15-31(25)40-33/h1-20,35H/q+1. The second kappa shape index (κ2) is 7.19. The van der Waals surface area contributed by atoms with Crippen molar-refractivity contribution in [2.45, 2.75) is 6.04 Å². The minimum Gasteiger partial charge on any atom is -0.456 e. The fourth-order valence-corrected chi connectivity index (χ4v) is 7.11. The van der Waals surface area contributed by atoms with Crippen molar-refractivity contribution in [1.29, 1.82) is 0 Å². The lowest BCUT2D eigenvalue weighted by molar-refractivity contribution is 0.668. The summed E-state index contributed by atoms with van der Waals surface area (Å²) in [6.45, 7) is 0. The van der Waals surface area contributed by atoms with E-state index in [2.05, 4.69) is 113 Å². The molecule has 5 aromatic carbocycles. The van der Waals surface area contributed by atoms with Gasteiger partial charge in [0.2, 0.25) is 17.1 Å². The van der Waals surface area contributed by atoms with Gasteiger partial charge in [-0.05, 0) is 42.0 Å². The number of benzene rings is 5. The van der Waals surface area contributed by atoms with Crippen LogP contribution in [0.25, 0.3) is 49.5 Å². The van der Waals surface area contributed by atoms with Crippen molar-refractivity contribution in [1.82, 2.24) is 4.58 Å². The molecule has 4 heterocycles. The number of hydrogen-bond donors (Lipinski definition) is 0. The number of anilines is 2. The predicted molar refractivity (Wildman–Crippen MR) is 163 cm³/mol. The third kappa shape index (κ3) is 2.45. The second-order valence-corrected chi connectivity index (χ2v) is 10.7. The number of fused-ring (bicyclic) bond motifs is 12. The van der Waals surface area contributed by atoms with E-state index in [4.69, 9.17) is 8.83 Å². The zero-order valence-electron chi connectivity index (χ0n) is 21.3. The Kier molecular flexibility index (Phi) is 3.70. The fraction of sp³-hybridized carbons (Fsp3) is 0.0278. The maximum atomic E-state index is 6.33. The third-order valence-corrected chi connectivity index (χ3v) is 8.70. The second-order valence-electron chi connectivity index (χ2n) is 10.7. The molecule has 2 aliphatic heterocycles. The topological polar surface area (TPSA) is 32.5 Å². The number of para-hydroxylation sites is 4. The van der Waals surface area contributed by atoms with Crippen molar-refractivity contribution < 1.29 is 8.83 Å². The van der Waals surface area contributed by atoms with Gasteiger partial charge in [0.25, 0.3) is 0 Å². The number of furan rings is 2. The highest BCUT2D eigenvalue weighted by atomic mass is 16.3. The molecule has 1 atom stereocenters. The Morgan fingerprint density at radius 2 is 1.38 bits per heavy atom. The van der Waals surface area contributed by atoms with E-state index in [1.54, 1.807) is 0 Å². The normalized spacial score (nSPS) is 17.1. The average molecular weight is 514 g/mol. The lowest BCUT2D eigenvalue weighted by Gasteiger charge is -2.33. The van der Waals surface area contributed by atoms with Crippen LogP contribution in [-0.4, -0.2) is 11.8 Å². The minimum absolute atomic E-state index is 0.0611. The first-order valence-corrected chi connectivity index (χ1v) is 13.6. The van der Waals surface area contributed by atoms with E-state index in [9.17, 15) is 0 Å². The molecule has 0 radical (unpaired) electrons. The average Bonchev–Trinajstić information content (AvgIpc) is 3.67. The molecule has 4 heteroatoms. The van der Waals surface area contributed by atoms with E-state index in [-0.39, 0.29) is 6.04 Å². The summed E-state index contributed by atoms with van der Waals surface area (Å²) in [5.41, 5.74) is 12.2. The van der Waals surface area contributed by atoms with Gasteiger partial charge in [-0.15, -0.1) is 0 Å². The van der Waals surface area contributed by atoms with E-state index in [1.165, 1.54) is 33.6 Å². The van der Waals surface area contributed by atoms with Crippen LogP contribution in [0.15, 0.2) is 130 Å². The molecule has 0 amide bonds. The predicted octanol–water partition coefficient (Wildman–Crippen LogP) is 9.25. The van der Waals surface area contributed by atoms with E-state index in [1.807, 2.05) is 18.2 Å². The van der Waals surface area contributed by atoms with Crippen LogP contribution in [0.1, 0.15) is 5.56 Å². The maximum Gasteiger partial charge on any atom is 0.235 e. The Hall–Kier alpha value is -5.35. The highest BCUT2D eigenvalue weighted by molar-refractivity contribution is 6.26. The SMILES string of the molecule is C1=CC2=[N+](c3ccc4oc5ccccc5c4c3)c3ccccc3N3c4c(ccc5oc6ccccc6c45)C(=C1)C23. The van der Waals surface area contributed by atoms with Crippen LogP contribution in [0.2, 0.25) is 0 Å². The van der Waals surface area contributed by atoms with Crippen molar-refractivity contribution in [3.63, 3.8) is 0 Å². The van der Waals surface area contributed by atoms with Crippen LogP contribution < -0.4 is 9.48 Å². The Morgan fingerprint density at radius 3 is 2.30 bits per heavy atom. The van der Waals surface area contributed by atoms with Gasteiger partial charge in [0.1, 0.15) is 34.1 Å². The summed E-state index contributed by atoms with van der Waals surface area (Å²) in [5, 5.41) is 4.60. The molecule has 186 valence electrons. The first-order chi connectivity index (χ1) is 19.8. The molecule has 1 unspecified atom stereocenters. The van der Waals surface area contributed by atoms with Crippen LogP contribution in [0.4, 0.5) is 22.7 Å². The van der Waals surface area contributed by atoms with Crippen molar-refractivity contribution in [2.75, 3.05) is 4.90 Å². The van der Waals surface area contributed by atoms with E-state index < -0.39 is 0 Å². The maximum absolute atomic E-state index is 6.33.